The van der Waals surface area contributed by atoms with Gasteiger partial charge in [0.2, 0.25) is 5.91 Å². The first-order valence-electron chi connectivity index (χ1n) is 9.47. The maximum absolute atomic E-state index is 11.4. The summed E-state index contributed by atoms with van der Waals surface area (Å²) in [6, 6.07) is 15.6. The second-order valence-electron chi connectivity index (χ2n) is 7.78. The fraction of sp³-hybridized carbons (Fsp3) is 0.348. The van der Waals surface area contributed by atoms with E-state index in [1.807, 2.05) is 6.07 Å². The molecule has 3 atom stereocenters. The molecular formula is C23H26N2O. The zero-order chi connectivity index (χ0) is 18.3. The minimum Gasteiger partial charge on any atom is -0.378 e. The molecule has 1 aliphatic heterocycles. The number of allylic oxidation sites excluding steroid dienone is 2. The number of hydrogen-bond donors (Lipinski definition) is 2. The molecule has 134 valence electrons. The van der Waals surface area contributed by atoms with Gasteiger partial charge in [0.1, 0.15) is 0 Å². The minimum atomic E-state index is -0.0321. The lowest BCUT2D eigenvalue weighted by atomic mass is 9.76. The molecule has 3 heteroatoms. The van der Waals surface area contributed by atoms with Crippen molar-refractivity contribution in [3.63, 3.8) is 0 Å². The van der Waals surface area contributed by atoms with Crippen LogP contribution in [0, 0.1) is 5.92 Å². The van der Waals surface area contributed by atoms with E-state index in [4.69, 9.17) is 0 Å². The van der Waals surface area contributed by atoms with Gasteiger partial charge in [-0.3, -0.25) is 4.79 Å². The maximum atomic E-state index is 11.4. The highest BCUT2D eigenvalue weighted by Crippen LogP contribution is 2.50. The van der Waals surface area contributed by atoms with Crippen molar-refractivity contribution < 1.29 is 4.79 Å². The van der Waals surface area contributed by atoms with E-state index in [-0.39, 0.29) is 5.91 Å². The van der Waals surface area contributed by atoms with Crippen molar-refractivity contribution in [3.05, 3.63) is 71.3 Å². The summed E-state index contributed by atoms with van der Waals surface area (Å²) in [7, 11) is 0. The quantitative estimate of drug-likeness (QED) is 0.711. The van der Waals surface area contributed by atoms with Gasteiger partial charge in [-0.25, -0.2) is 0 Å². The lowest BCUT2D eigenvalue weighted by molar-refractivity contribution is -0.114. The summed E-state index contributed by atoms with van der Waals surface area (Å²) >= 11 is 0. The largest absolute Gasteiger partial charge is 0.378 e. The second-order valence-corrected chi connectivity index (χ2v) is 7.78. The van der Waals surface area contributed by atoms with Gasteiger partial charge in [-0.2, -0.15) is 0 Å². The first-order valence-corrected chi connectivity index (χ1v) is 9.47. The number of fused-ring (bicyclic) bond motifs is 3. The highest BCUT2D eigenvalue weighted by molar-refractivity contribution is 5.89. The Kier molecular flexibility index (Phi) is 4.31. The number of amides is 1. The number of carbonyl (C=O) groups excluding carboxylic acids is 1. The molecule has 0 saturated heterocycles. The first kappa shape index (κ1) is 16.9. The predicted molar refractivity (Wildman–Crippen MR) is 108 cm³/mol. The average Bonchev–Trinajstić information content (AvgIpc) is 3.11. The minimum absolute atomic E-state index is 0.0321. The Balaban J connectivity index is 1.67. The van der Waals surface area contributed by atoms with Gasteiger partial charge in [0.25, 0.3) is 0 Å². The lowest BCUT2D eigenvalue weighted by Crippen LogP contribution is -2.29. The maximum Gasteiger partial charge on any atom is 0.221 e. The number of carbonyl (C=O) groups is 1. The Morgan fingerprint density at radius 2 is 1.92 bits per heavy atom. The second kappa shape index (κ2) is 6.64. The fourth-order valence-electron chi connectivity index (χ4n) is 4.29. The topological polar surface area (TPSA) is 41.1 Å². The molecule has 0 radical (unpaired) electrons. The van der Waals surface area contributed by atoms with Crippen molar-refractivity contribution in [2.45, 2.75) is 45.1 Å². The van der Waals surface area contributed by atoms with Crippen molar-refractivity contribution in [2.24, 2.45) is 5.92 Å². The van der Waals surface area contributed by atoms with E-state index >= 15 is 0 Å². The molecule has 0 fully saturated rings. The summed E-state index contributed by atoms with van der Waals surface area (Å²) in [6.07, 6.45) is 5.71. The fourth-order valence-corrected chi connectivity index (χ4v) is 4.29. The molecule has 4 rings (SSSR count). The third-order valence-electron chi connectivity index (χ3n) is 5.65. The molecule has 1 amide bonds. The Labute approximate surface area is 155 Å². The summed E-state index contributed by atoms with van der Waals surface area (Å²) in [5, 5.41) is 6.66. The zero-order valence-corrected chi connectivity index (χ0v) is 15.6. The summed E-state index contributed by atoms with van der Waals surface area (Å²) in [4.78, 5) is 11.4. The van der Waals surface area contributed by atoms with Crippen LogP contribution in [0.25, 0.3) is 0 Å². The Hall–Kier alpha value is -2.55. The van der Waals surface area contributed by atoms with Crippen LogP contribution in [0.3, 0.4) is 0 Å². The van der Waals surface area contributed by atoms with Crippen LogP contribution >= 0.6 is 0 Å². The molecule has 3 unspecified atom stereocenters. The van der Waals surface area contributed by atoms with Gasteiger partial charge in [-0.05, 0) is 53.1 Å². The molecule has 3 nitrogen and oxygen atoms in total. The van der Waals surface area contributed by atoms with Crippen LogP contribution in [-0.4, -0.2) is 5.91 Å². The van der Waals surface area contributed by atoms with E-state index in [1.165, 1.54) is 22.4 Å². The third-order valence-corrected chi connectivity index (χ3v) is 5.65. The van der Waals surface area contributed by atoms with Crippen LogP contribution in [0.1, 0.15) is 61.8 Å². The van der Waals surface area contributed by atoms with Crippen LogP contribution in [-0.2, 0) is 4.79 Å². The molecule has 0 aromatic heterocycles. The van der Waals surface area contributed by atoms with Crippen LogP contribution in [0.5, 0.6) is 0 Å². The van der Waals surface area contributed by atoms with Crippen LogP contribution in [0.4, 0.5) is 11.4 Å². The Bertz CT molecular complexity index is 851. The summed E-state index contributed by atoms with van der Waals surface area (Å²) < 4.78 is 0. The van der Waals surface area contributed by atoms with Crippen LogP contribution in [0.2, 0.25) is 0 Å². The van der Waals surface area contributed by atoms with E-state index in [1.54, 1.807) is 6.92 Å². The first-order chi connectivity index (χ1) is 12.5. The van der Waals surface area contributed by atoms with E-state index in [9.17, 15) is 4.79 Å². The van der Waals surface area contributed by atoms with E-state index in [0.29, 0.717) is 23.8 Å². The molecule has 0 saturated carbocycles. The zero-order valence-electron chi connectivity index (χ0n) is 15.6. The highest BCUT2D eigenvalue weighted by Gasteiger charge is 2.37. The van der Waals surface area contributed by atoms with E-state index < -0.39 is 0 Å². The van der Waals surface area contributed by atoms with Crippen molar-refractivity contribution >= 4 is 17.3 Å². The van der Waals surface area contributed by atoms with Gasteiger partial charge in [0, 0.05) is 24.2 Å². The van der Waals surface area contributed by atoms with Crippen LogP contribution in [0.15, 0.2) is 54.6 Å². The van der Waals surface area contributed by atoms with Crippen LogP contribution < -0.4 is 10.6 Å². The SMILES string of the molecule is CC(=O)Nc1ccc2c(c1)C1C=CCC1C(c1ccc(C(C)C)cc1)N2. The van der Waals surface area contributed by atoms with Gasteiger partial charge in [0.05, 0.1) is 6.04 Å². The molecule has 26 heavy (non-hydrogen) atoms. The van der Waals surface area contributed by atoms with Gasteiger partial charge >= 0.3 is 0 Å². The van der Waals surface area contributed by atoms with Crippen molar-refractivity contribution in [1.82, 2.24) is 0 Å². The van der Waals surface area contributed by atoms with Gasteiger partial charge < -0.3 is 10.6 Å². The predicted octanol–water partition coefficient (Wildman–Crippen LogP) is 5.59. The molecule has 1 heterocycles. The number of anilines is 2. The highest BCUT2D eigenvalue weighted by atomic mass is 16.1. The number of rotatable bonds is 3. The van der Waals surface area contributed by atoms with Crippen molar-refractivity contribution in [3.8, 4) is 0 Å². The number of hydrogen-bond acceptors (Lipinski definition) is 2. The van der Waals surface area contributed by atoms with Crippen molar-refractivity contribution in [2.75, 3.05) is 10.6 Å². The van der Waals surface area contributed by atoms with Crippen molar-refractivity contribution in [1.29, 1.82) is 0 Å². The Morgan fingerprint density at radius 3 is 2.62 bits per heavy atom. The average molecular weight is 346 g/mol. The number of nitrogens with one attached hydrogen (secondary N) is 2. The van der Waals surface area contributed by atoms with Gasteiger partial charge in [-0.15, -0.1) is 0 Å². The molecular weight excluding hydrogens is 320 g/mol. The molecule has 2 aromatic carbocycles. The summed E-state index contributed by atoms with van der Waals surface area (Å²) in [6.45, 7) is 6.01. The smallest absolute Gasteiger partial charge is 0.221 e. The monoisotopic (exact) mass is 346 g/mol. The number of benzene rings is 2. The molecule has 1 aliphatic carbocycles. The molecule has 2 N–H and O–H groups in total. The summed E-state index contributed by atoms with van der Waals surface area (Å²) in [5.41, 5.74) is 6.06. The third kappa shape index (κ3) is 3.03. The van der Waals surface area contributed by atoms with E-state index in [2.05, 4.69) is 73.0 Å². The normalized spacial score (nSPS) is 23.3. The standard InChI is InChI=1S/C23H26N2O/c1-14(2)16-7-9-17(10-8-16)23-20-6-4-5-19(20)21-13-18(24-15(3)26)11-12-22(21)25-23/h4-5,7-14,19-20,23,25H,6H2,1-3H3,(H,24,26). The Morgan fingerprint density at radius 1 is 1.15 bits per heavy atom. The molecule has 2 aliphatic rings. The summed E-state index contributed by atoms with van der Waals surface area (Å²) in [5.74, 6) is 1.43. The molecule has 2 aromatic rings. The molecule has 0 bridgehead atoms. The lowest BCUT2D eigenvalue weighted by Gasteiger charge is -2.38. The van der Waals surface area contributed by atoms with E-state index in [0.717, 1.165) is 12.1 Å². The van der Waals surface area contributed by atoms with Gasteiger partial charge in [0.15, 0.2) is 0 Å². The molecule has 0 spiro atoms. The van der Waals surface area contributed by atoms with Gasteiger partial charge in [-0.1, -0.05) is 50.3 Å².